The van der Waals surface area contributed by atoms with E-state index < -0.39 is 21.5 Å². The average molecular weight is 419 g/mol. The van der Waals surface area contributed by atoms with Crippen molar-refractivity contribution in [3.05, 3.63) is 28.7 Å². The molecule has 0 aromatic heterocycles. The Balaban J connectivity index is 2.51. The third-order valence-corrected chi connectivity index (χ3v) is 5.65. The minimum atomic E-state index is -3.43. The molecular formula is C16H23BrN2O4S. The zero-order valence-electron chi connectivity index (χ0n) is 13.9. The van der Waals surface area contributed by atoms with Crippen LogP contribution in [0.2, 0.25) is 0 Å². The number of carbonyl (C=O) groups excluding carboxylic acids is 2. The lowest BCUT2D eigenvalue weighted by Crippen LogP contribution is -2.38. The number of sulfone groups is 1. The van der Waals surface area contributed by atoms with E-state index in [0.717, 1.165) is 22.2 Å². The molecule has 1 aromatic rings. The molecule has 6 nitrogen and oxygen atoms in total. The van der Waals surface area contributed by atoms with Crippen LogP contribution in [0.15, 0.2) is 28.7 Å². The summed E-state index contributed by atoms with van der Waals surface area (Å²) in [4.78, 5) is 25.1. The molecule has 0 unspecified atom stereocenters. The number of anilines is 1. The van der Waals surface area contributed by atoms with Gasteiger partial charge in [-0.2, -0.15) is 0 Å². The average Bonchev–Trinajstić information content (AvgIpc) is 2.49. The van der Waals surface area contributed by atoms with Gasteiger partial charge in [-0.15, -0.1) is 0 Å². The Kier molecular flexibility index (Phi) is 8.41. The van der Waals surface area contributed by atoms with Crippen molar-refractivity contribution in [2.45, 2.75) is 26.2 Å². The van der Waals surface area contributed by atoms with Crippen molar-refractivity contribution in [2.75, 3.05) is 30.4 Å². The van der Waals surface area contributed by atoms with Crippen LogP contribution in [0.1, 0.15) is 26.2 Å². The number of rotatable bonds is 9. The van der Waals surface area contributed by atoms with Crippen LogP contribution >= 0.6 is 15.9 Å². The van der Waals surface area contributed by atoms with E-state index >= 15 is 0 Å². The predicted octanol–water partition coefficient (Wildman–Crippen LogP) is 2.45. The van der Waals surface area contributed by atoms with Crippen molar-refractivity contribution in [3.63, 3.8) is 0 Å². The zero-order valence-corrected chi connectivity index (χ0v) is 16.3. The summed E-state index contributed by atoms with van der Waals surface area (Å²) < 4.78 is 24.5. The summed E-state index contributed by atoms with van der Waals surface area (Å²) in [5.74, 6) is -1.52. The molecule has 0 fully saturated rings. The highest BCUT2D eigenvalue weighted by Gasteiger charge is 2.21. The highest BCUT2D eigenvalue weighted by atomic mass is 79.9. The van der Waals surface area contributed by atoms with Crippen LogP contribution in [0.5, 0.6) is 0 Å². The Morgan fingerprint density at radius 3 is 2.50 bits per heavy atom. The van der Waals surface area contributed by atoms with E-state index in [1.807, 2.05) is 13.0 Å². The fourth-order valence-corrected chi connectivity index (χ4v) is 3.77. The van der Waals surface area contributed by atoms with Crippen LogP contribution in [-0.4, -0.2) is 50.2 Å². The lowest BCUT2D eigenvalue weighted by molar-refractivity contribution is -0.131. The molecule has 0 aliphatic carbocycles. The van der Waals surface area contributed by atoms with Gasteiger partial charge in [0.2, 0.25) is 11.8 Å². The van der Waals surface area contributed by atoms with Gasteiger partial charge < -0.3 is 10.2 Å². The molecule has 8 heteroatoms. The van der Waals surface area contributed by atoms with Crippen LogP contribution in [0.3, 0.4) is 0 Å². The SMILES string of the molecule is CCCCCS(=O)(=O)CC(=O)N(C)CC(=O)Nc1ccccc1Br. The molecular weight excluding hydrogens is 396 g/mol. The van der Waals surface area contributed by atoms with Gasteiger partial charge in [0.05, 0.1) is 18.0 Å². The summed E-state index contributed by atoms with van der Waals surface area (Å²) in [5.41, 5.74) is 0.593. The number of para-hydroxylation sites is 1. The predicted molar refractivity (Wildman–Crippen MR) is 98.6 cm³/mol. The minimum absolute atomic E-state index is 0.00355. The van der Waals surface area contributed by atoms with Crippen molar-refractivity contribution in [2.24, 2.45) is 0 Å². The molecule has 0 bridgehead atoms. The van der Waals surface area contributed by atoms with E-state index in [9.17, 15) is 18.0 Å². The van der Waals surface area contributed by atoms with E-state index in [1.54, 1.807) is 18.2 Å². The van der Waals surface area contributed by atoms with Crippen molar-refractivity contribution in [1.29, 1.82) is 0 Å². The first-order chi connectivity index (χ1) is 11.2. The molecule has 1 rings (SSSR count). The number of halogens is 1. The Labute approximate surface area is 151 Å². The number of amides is 2. The molecule has 1 N–H and O–H groups in total. The Hall–Kier alpha value is -1.41. The Morgan fingerprint density at radius 2 is 1.88 bits per heavy atom. The van der Waals surface area contributed by atoms with Gasteiger partial charge in [-0.05, 0) is 34.5 Å². The third-order valence-electron chi connectivity index (χ3n) is 3.36. The number of nitrogens with zero attached hydrogens (tertiary/aromatic N) is 1. The molecule has 24 heavy (non-hydrogen) atoms. The summed E-state index contributed by atoms with van der Waals surface area (Å²) in [6.45, 7) is 1.78. The quantitative estimate of drug-likeness (QED) is 0.624. The second-order valence-corrected chi connectivity index (χ2v) is 8.62. The lowest BCUT2D eigenvalue weighted by atomic mass is 10.3. The maximum absolute atomic E-state index is 12.0. The second kappa shape index (κ2) is 9.78. The molecule has 0 aliphatic rings. The van der Waals surface area contributed by atoms with Gasteiger partial charge in [-0.1, -0.05) is 31.9 Å². The van der Waals surface area contributed by atoms with E-state index in [2.05, 4.69) is 21.2 Å². The number of benzene rings is 1. The number of hydrogen-bond donors (Lipinski definition) is 1. The number of carbonyl (C=O) groups is 2. The molecule has 2 amide bonds. The van der Waals surface area contributed by atoms with E-state index in [-0.39, 0.29) is 18.2 Å². The summed E-state index contributed by atoms with van der Waals surface area (Å²) >= 11 is 3.32. The largest absolute Gasteiger partial charge is 0.336 e. The summed E-state index contributed by atoms with van der Waals surface area (Å²) in [7, 11) is -2.01. The summed E-state index contributed by atoms with van der Waals surface area (Å²) in [6.07, 6.45) is 2.29. The monoisotopic (exact) mass is 418 g/mol. The fourth-order valence-electron chi connectivity index (χ4n) is 2.00. The van der Waals surface area contributed by atoms with Crippen molar-refractivity contribution in [1.82, 2.24) is 4.90 Å². The first-order valence-corrected chi connectivity index (χ1v) is 10.4. The highest BCUT2D eigenvalue weighted by Crippen LogP contribution is 2.20. The van der Waals surface area contributed by atoms with Crippen LogP contribution in [0.25, 0.3) is 0 Å². The number of likely N-dealkylation sites (N-methyl/N-ethyl adjacent to an activating group) is 1. The van der Waals surface area contributed by atoms with E-state index in [1.165, 1.54) is 7.05 Å². The van der Waals surface area contributed by atoms with Crippen LogP contribution in [0, 0.1) is 0 Å². The molecule has 0 saturated carbocycles. The molecule has 0 atom stereocenters. The Morgan fingerprint density at radius 1 is 1.21 bits per heavy atom. The molecule has 0 radical (unpaired) electrons. The van der Waals surface area contributed by atoms with E-state index in [0.29, 0.717) is 12.1 Å². The van der Waals surface area contributed by atoms with Gasteiger partial charge in [0.1, 0.15) is 5.75 Å². The normalized spacial score (nSPS) is 11.1. The molecule has 0 aliphatic heterocycles. The molecule has 0 saturated heterocycles. The topological polar surface area (TPSA) is 83.6 Å². The smallest absolute Gasteiger partial charge is 0.244 e. The Bertz CT molecular complexity index is 676. The van der Waals surface area contributed by atoms with Crippen molar-refractivity contribution >= 4 is 43.3 Å². The summed E-state index contributed by atoms with van der Waals surface area (Å²) in [5, 5.41) is 2.67. The van der Waals surface area contributed by atoms with Crippen LogP contribution in [-0.2, 0) is 19.4 Å². The maximum atomic E-state index is 12.0. The van der Waals surface area contributed by atoms with Gasteiger partial charge in [0.25, 0.3) is 0 Å². The number of nitrogens with one attached hydrogen (secondary N) is 1. The number of unbranched alkanes of at least 4 members (excludes halogenated alkanes) is 2. The fraction of sp³-hybridized carbons (Fsp3) is 0.500. The summed E-state index contributed by atoms with van der Waals surface area (Å²) in [6, 6.07) is 7.10. The molecule has 134 valence electrons. The van der Waals surface area contributed by atoms with Gasteiger partial charge in [0.15, 0.2) is 9.84 Å². The second-order valence-electron chi connectivity index (χ2n) is 5.58. The van der Waals surface area contributed by atoms with Crippen LogP contribution in [0.4, 0.5) is 5.69 Å². The zero-order chi connectivity index (χ0) is 18.2. The molecule has 1 aromatic carbocycles. The van der Waals surface area contributed by atoms with Crippen molar-refractivity contribution in [3.8, 4) is 0 Å². The van der Waals surface area contributed by atoms with Gasteiger partial charge in [-0.25, -0.2) is 8.42 Å². The van der Waals surface area contributed by atoms with Gasteiger partial charge in [0, 0.05) is 11.5 Å². The molecule has 0 heterocycles. The third kappa shape index (κ3) is 7.44. The standard InChI is InChI=1S/C16H23BrN2O4S/c1-3-4-7-10-24(22,23)12-16(21)19(2)11-15(20)18-14-9-6-5-8-13(14)17/h5-6,8-9H,3-4,7,10-12H2,1-2H3,(H,18,20). The van der Waals surface area contributed by atoms with Gasteiger partial charge >= 0.3 is 0 Å². The van der Waals surface area contributed by atoms with E-state index in [4.69, 9.17) is 0 Å². The lowest BCUT2D eigenvalue weighted by Gasteiger charge is -2.17. The van der Waals surface area contributed by atoms with Gasteiger partial charge in [-0.3, -0.25) is 9.59 Å². The van der Waals surface area contributed by atoms with Crippen LogP contribution < -0.4 is 5.32 Å². The maximum Gasteiger partial charge on any atom is 0.244 e. The molecule has 0 spiro atoms. The van der Waals surface area contributed by atoms with Crippen molar-refractivity contribution < 1.29 is 18.0 Å². The first kappa shape index (κ1) is 20.6. The highest BCUT2D eigenvalue weighted by molar-refractivity contribution is 9.10. The number of hydrogen-bond acceptors (Lipinski definition) is 4. The minimum Gasteiger partial charge on any atom is -0.336 e. The first-order valence-electron chi connectivity index (χ1n) is 7.74.